The summed E-state index contributed by atoms with van der Waals surface area (Å²) in [6, 6.07) is 8.68. The van der Waals surface area contributed by atoms with Crippen LogP contribution in [0, 0.1) is 50.7 Å². The van der Waals surface area contributed by atoms with E-state index in [0.717, 1.165) is 57.8 Å². The highest BCUT2D eigenvalue weighted by Gasteiger charge is 2.29. The molecule has 0 spiro atoms. The van der Waals surface area contributed by atoms with E-state index in [2.05, 4.69) is 24.3 Å². The molecule has 25 heavy (non-hydrogen) atoms. The van der Waals surface area contributed by atoms with Crippen LogP contribution in [0.25, 0.3) is 0 Å². The minimum absolute atomic E-state index is 0.0375. The van der Waals surface area contributed by atoms with Gasteiger partial charge in [-0.1, -0.05) is 19.3 Å². The van der Waals surface area contributed by atoms with Crippen molar-refractivity contribution in [3.63, 3.8) is 0 Å². The summed E-state index contributed by atoms with van der Waals surface area (Å²) in [6.45, 7) is 1.08. The minimum Gasteiger partial charge on any atom is -0.380 e. The Morgan fingerprint density at radius 1 is 0.560 bits per heavy atom. The molecule has 0 bridgehead atoms. The van der Waals surface area contributed by atoms with Crippen LogP contribution in [0.5, 0.6) is 0 Å². The lowest BCUT2D eigenvalue weighted by Gasteiger charge is -2.34. The second-order valence-corrected chi connectivity index (χ2v) is 6.56. The molecule has 0 unspecified atom stereocenters. The van der Waals surface area contributed by atoms with Gasteiger partial charge in [-0.2, -0.15) is 21.0 Å². The summed E-state index contributed by atoms with van der Waals surface area (Å²) >= 11 is 0. The molecule has 0 aromatic heterocycles. The maximum absolute atomic E-state index is 8.73. The molecule has 0 radical (unpaired) electrons. The number of nitrogens with zero attached hydrogens (tertiary/aromatic N) is 4. The molecule has 0 atom stereocenters. The van der Waals surface area contributed by atoms with E-state index in [4.69, 9.17) is 25.8 Å². The predicted octanol–water partition coefficient (Wildman–Crippen LogP) is 5.16. The van der Waals surface area contributed by atoms with E-state index < -0.39 is 0 Å². The fraction of sp³-hybridized carbons (Fsp3) is 0.800. The molecular weight excluding hydrogens is 312 g/mol. The first-order valence-corrected chi connectivity index (χ1v) is 9.30. The van der Waals surface area contributed by atoms with Crippen LogP contribution in [-0.2, 0) is 4.74 Å². The zero-order valence-electron chi connectivity index (χ0n) is 15.3. The number of hydrogen-bond donors (Lipinski definition) is 0. The van der Waals surface area contributed by atoms with E-state index in [9.17, 15) is 0 Å². The van der Waals surface area contributed by atoms with E-state index >= 15 is 0 Å². The van der Waals surface area contributed by atoms with Gasteiger partial charge in [0.15, 0.2) is 0 Å². The summed E-state index contributed by atoms with van der Waals surface area (Å²) in [5, 5.41) is 34.9. The number of hydrogen-bond acceptors (Lipinski definition) is 5. The fourth-order valence-electron chi connectivity index (χ4n) is 3.11. The van der Waals surface area contributed by atoms with Crippen LogP contribution in [0.3, 0.4) is 0 Å². The standard InChI is InChI=1S/C20H30N4O/c21-14-7-1-4-11-20(12-5-2-8-15-22,13-6-3-9-16-23)19-25-18-10-17-24/h1-13,18-19H2. The Kier molecular flexibility index (Phi) is 15.4. The molecular formula is C20H30N4O. The Morgan fingerprint density at radius 3 is 1.32 bits per heavy atom. The number of rotatable bonds is 16. The first-order valence-electron chi connectivity index (χ1n) is 9.30. The van der Waals surface area contributed by atoms with Crippen LogP contribution in [0.4, 0.5) is 0 Å². The molecule has 0 saturated heterocycles. The minimum atomic E-state index is 0.0375. The molecule has 0 aliphatic carbocycles. The molecule has 0 rings (SSSR count). The van der Waals surface area contributed by atoms with E-state index in [1.54, 1.807) is 0 Å². The molecule has 0 fully saturated rings. The average Bonchev–Trinajstić information content (AvgIpc) is 2.63. The van der Waals surface area contributed by atoms with Crippen LogP contribution >= 0.6 is 0 Å². The monoisotopic (exact) mass is 342 g/mol. The van der Waals surface area contributed by atoms with Gasteiger partial charge >= 0.3 is 0 Å². The van der Waals surface area contributed by atoms with E-state index in [1.165, 1.54) is 0 Å². The van der Waals surface area contributed by atoms with Gasteiger partial charge in [0.25, 0.3) is 0 Å². The summed E-state index contributed by atoms with van der Waals surface area (Å²) in [7, 11) is 0. The zero-order valence-corrected chi connectivity index (χ0v) is 15.3. The van der Waals surface area contributed by atoms with Crippen LogP contribution in [0.15, 0.2) is 0 Å². The lowest BCUT2D eigenvalue weighted by molar-refractivity contribution is 0.0245. The highest BCUT2D eigenvalue weighted by molar-refractivity contribution is 4.82. The molecule has 0 saturated carbocycles. The van der Waals surface area contributed by atoms with E-state index in [1.807, 2.05) is 0 Å². The van der Waals surface area contributed by atoms with Gasteiger partial charge in [-0.3, -0.25) is 0 Å². The molecule has 5 heteroatoms. The van der Waals surface area contributed by atoms with Gasteiger partial charge in [0, 0.05) is 19.3 Å². The van der Waals surface area contributed by atoms with Gasteiger partial charge in [0.2, 0.25) is 0 Å². The molecule has 0 aliphatic rings. The van der Waals surface area contributed by atoms with E-state index in [0.29, 0.717) is 38.9 Å². The topological polar surface area (TPSA) is 104 Å². The number of nitriles is 4. The second kappa shape index (κ2) is 16.8. The lowest BCUT2D eigenvalue weighted by atomic mass is 9.74. The van der Waals surface area contributed by atoms with Crippen molar-refractivity contribution in [1.82, 2.24) is 0 Å². The molecule has 0 aromatic carbocycles. The van der Waals surface area contributed by atoms with Crippen LogP contribution < -0.4 is 0 Å². The molecule has 0 aliphatic heterocycles. The van der Waals surface area contributed by atoms with Gasteiger partial charge in [-0.05, 0) is 43.9 Å². The number of ether oxygens (including phenoxy) is 1. The van der Waals surface area contributed by atoms with Crippen molar-refractivity contribution in [2.24, 2.45) is 5.41 Å². The predicted molar refractivity (Wildman–Crippen MR) is 95.7 cm³/mol. The van der Waals surface area contributed by atoms with Crippen LogP contribution in [0.2, 0.25) is 0 Å². The summed E-state index contributed by atoms with van der Waals surface area (Å²) in [5.41, 5.74) is 0.0375. The van der Waals surface area contributed by atoms with Gasteiger partial charge in [-0.25, -0.2) is 0 Å². The maximum atomic E-state index is 8.73. The Bertz CT molecular complexity index is 396. The molecule has 136 valence electrons. The Balaban J connectivity index is 4.75. The molecule has 0 amide bonds. The van der Waals surface area contributed by atoms with Crippen molar-refractivity contribution < 1.29 is 4.74 Å². The van der Waals surface area contributed by atoms with Crippen molar-refractivity contribution in [1.29, 1.82) is 21.0 Å². The zero-order chi connectivity index (χ0) is 18.6. The molecule has 5 nitrogen and oxygen atoms in total. The third-order valence-corrected chi connectivity index (χ3v) is 4.50. The molecule has 0 N–H and O–H groups in total. The van der Waals surface area contributed by atoms with Crippen molar-refractivity contribution in [3.8, 4) is 24.3 Å². The van der Waals surface area contributed by atoms with E-state index in [-0.39, 0.29) is 5.41 Å². The molecule has 0 heterocycles. The third kappa shape index (κ3) is 12.9. The maximum Gasteiger partial charge on any atom is 0.0645 e. The first kappa shape index (κ1) is 22.9. The lowest BCUT2D eigenvalue weighted by Crippen LogP contribution is -2.28. The number of unbranched alkanes of at least 4 members (excludes halogenated alkanes) is 6. The van der Waals surface area contributed by atoms with Crippen molar-refractivity contribution in [2.75, 3.05) is 13.2 Å². The summed E-state index contributed by atoms with van der Waals surface area (Å²) in [5.74, 6) is 0. The molecule has 0 aromatic rings. The largest absolute Gasteiger partial charge is 0.380 e. The second-order valence-electron chi connectivity index (χ2n) is 6.56. The van der Waals surface area contributed by atoms with Crippen molar-refractivity contribution in [2.45, 2.75) is 83.5 Å². The highest BCUT2D eigenvalue weighted by Crippen LogP contribution is 2.37. The van der Waals surface area contributed by atoms with Gasteiger partial charge in [-0.15, -0.1) is 0 Å². The Morgan fingerprint density at radius 2 is 0.960 bits per heavy atom. The Hall–Kier alpha value is -2.08. The Labute approximate surface area is 152 Å². The van der Waals surface area contributed by atoms with Gasteiger partial charge in [0.05, 0.1) is 43.9 Å². The van der Waals surface area contributed by atoms with Crippen molar-refractivity contribution >= 4 is 0 Å². The SMILES string of the molecule is N#CCCCCC(CCCCC#N)(CCCCC#N)COCCC#N. The fourth-order valence-corrected chi connectivity index (χ4v) is 3.11. The van der Waals surface area contributed by atoms with Crippen LogP contribution in [-0.4, -0.2) is 13.2 Å². The highest BCUT2D eigenvalue weighted by atomic mass is 16.5. The summed E-state index contributed by atoms with van der Waals surface area (Å²) in [6.07, 6.45) is 10.8. The summed E-state index contributed by atoms with van der Waals surface area (Å²) < 4.78 is 5.79. The van der Waals surface area contributed by atoms with Gasteiger partial charge < -0.3 is 4.74 Å². The first-order chi connectivity index (χ1) is 12.2. The quantitative estimate of drug-likeness (QED) is 0.360. The third-order valence-electron chi connectivity index (χ3n) is 4.50. The normalized spacial score (nSPS) is 10.4. The average molecular weight is 342 g/mol. The summed E-state index contributed by atoms with van der Waals surface area (Å²) in [4.78, 5) is 0. The van der Waals surface area contributed by atoms with Crippen molar-refractivity contribution in [3.05, 3.63) is 0 Å². The van der Waals surface area contributed by atoms with Crippen LogP contribution in [0.1, 0.15) is 83.5 Å². The smallest absolute Gasteiger partial charge is 0.0645 e. The van der Waals surface area contributed by atoms with Gasteiger partial charge in [0.1, 0.15) is 0 Å².